The molecule has 2 N–H and O–H groups in total. The normalized spacial score (nSPS) is 10.3. The zero-order valence-corrected chi connectivity index (χ0v) is 13.2. The lowest BCUT2D eigenvalue weighted by atomic mass is 10.3. The van der Waals surface area contributed by atoms with E-state index in [0.29, 0.717) is 29.6 Å². The Labute approximate surface area is 127 Å². The van der Waals surface area contributed by atoms with Gasteiger partial charge in [-0.3, -0.25) is 4.98 Å². The number of methoxy groups -OCH3 is 1. The van der Waals surface area contributed by atoms with Crippen LogP contribution in [0.5, 0.6) is 17.4 Å². The van der Waals surface area contributed by atoms with E-state index < -0.39 is 0 Å². The van der Waals surface area contributed by atoms with Crippen LogP contribution in [-0.4, -0.2) is 17.1 Å². The van der Waals surface area contributed by atoms with Crippen LogP contribution in [0.15, 0.2) is 33.5 Å². The SMILES string of the molecule is COc1cc(Br)c(Oc2cncc(CN)n2)cc1Br. The summed E-state index contributed by atoms with van der Waals surface area (Å²) in [5.74, 6) is 1.71. The Kier molecular flexibility index (Phi) is 4.73. The highest BCUT2D eigenvalue weighted by Gasteiger charge is 2.10. The van der Waals surface area contributed by atoms with Crippen molar-refractivity contribution >= 4 is 31.9 Å². The molecule has 0 atom stereocenters. The molecule has 19 heavy (non-hydrogen) atoms. The van der Waals surface area contributed by atoms with Crippen LogP contribution in [0.3, 0.4) is 0 Å². The lowest BCUT2D eigenvalue weighted by molar-refractivity contribution is 0.408. The number of aromatic nitrogens is 2. The van der Waals surface area contributed by atoms with E-state index in [4.69, 9.17) is 15.2 Å². The number of benzene rings is 1. The largest absolute Gasteiger partial charge is 0.496 e. The van der Waals surface area contributed by atoms with E-state index in [1.54, 1.807) is 25.4 Å². The first-order chi connectivity index (χ1) is 9.13. The van der Waals surface area contributed by atoms with Gasteiger partial charge in [-0.15, -0.1) is 0 Å². The van der Waals surface area contributed by atoms with Crippen LogP contribution in [0.1, 0.15) is 5.69 Å². The minimum Gasteiger partial charge on any atom is -0.496 e. The molecule has 0 fully saturated rings. The summed E-state index contributed by atoms with van der Waals surface area (Å²) in [6.45, 7) is 0.317. The van der Waals surface area contributed by atoms with E-state index >= 15 is 0 Å². The van der Waals surface area contributed by atoms with Gasteiger partial charge in [0.15, 0.2) is 0 Å². The highest BCUT2D eigenvalue weighted by Crippen LogP contribution is 2.37. The fourth-order valence-corrected chi connectivity index (χ4v) is 2.28. The molecule has 1 heterocycles. The van der Waals surface area contributed by atoms with Gasteiger partial charge in [0.1, 0.15) is 11.5 Å². The summed E-state index contributed by atoms with van der Waals surface area (Å²) in [5, 5.41) is 0. The average Bonchev–Trinajstić information content (AvgIpc) is 2.42. The zero-order valence-electron chi connectivity index (χ0n) is 10.1. The van der Waals surface area contributed by atoms with Crippen LogP contribution in [0.4, 0.5) is 0 Å². The number of halogens is 2. The standard InChI is InChI=1S/C12H11Br2N3O2/c1-18-10-2-9(14)11(3-8(10)13)19-12-6-16-5-7(4-15)17-12/h2-3,5-6H,4,15H2,1H3. The molecule has 0 unspecified atom stereocenters. The number of rotatable bonds is 4. The quantitative estimate of drug-likeness (QED) is 0.870. The molecule has 2 aromatic rings. The molecule has 0 radical (unpaired) electrons. The lowest BCUT2D eigenvalue weighted by Crippen LogP contribution is -2.01. The van der Waals surface area contributed by atoms with E-state index in [1.807, 2.05) is 0 Å². The third-order valence-electron chi connectivity index (χ3n) is 2.29. The van der Waals surface area contributed by atoms with Gasteiger partial charge in [-0.25, -0.2) is 4.98 Å². The van der Waals surface area contributed by atoms with Gasteiger partial charge in [0.25, 0.3) is 0 Å². The summed E-state index contributed by atoms with van der Waals surface area (Å²) in [5.41, 5.74) is 6.18. The predicted molar refractivity (Wildman–Crippen MR) is 78.4 cm³/mol. The molecule has 0 saturated carbocycles. The van der Waals surface area contributed by atoms with Gasteiger partial charge in [-0.05, 0) is 44.0 Å². The van der Waals surface area contributed by atoms with Crippen molar-refractivity contribution < 1.29 is 9.47 Å². The fourth-order valence-electron chi connectivity index (χ4n) is 1.39. The Hall–Kier alpha value is -1.18. The summed E-state index contributed by atoms with van der Waals surface area (Å²) in [4.78, 5) is 8.24. The molecule has 1 aromatic heterocycles. The molecule has 0 amide bonds. The second-order valence-corrected chi connectivity index (χ2v) is 5.28. The number of hydrogen-bond acceptors (Lipinski definition) is 5. The van der Waals surface area contributed by atoms with Gasteiger partial charge < -0.3 is 15.2 Å². The van der Waals surface area contributed by atoms with Crippen LogP contribution in [-0.2, 0) is 6.54 Å². The molecule has 7 heteroatoms. The molecule has 0 aliphatic rings. The van der Waals surface area contributed by atoms with Crippen molar-refractivity contribution in [2.24, 2.45) is 5.73 Å². The lowest BCUT2D eigenvalue weighted by Gasteiger charge is -2.10. The summed E-state index contributed by atoms with van der Waals surface area (Å²) < 4.78 is 12.4. The molecule has 0 aliphatic carbocycles. The first-order valence-corrected chi connectivity index (χ1v) is 6.94. The Bertz CT molecular complexity index is 593. The Morgan fingerprint density at radius 1 is 1.16 bits per heavy atom. The second kappa shape index (κ2) is 6.31. The van der Waals surface area contributed by atoms with Crippen LogP contribution < -0.4 is 15.2 Å². The van der Waals surface area contributed by atoms with Crippen molar-refractivity contribution in [3.8, 4) is 17.4 Å². The summed E-state index contributed by atoms with van der Waals surface area (Å²) in [6, 6.07) is 3.60. The minimum absolute atomic E-state index is 0.317. The van der Waals surface area contributed by atoms with Crippen LogP contribution in [0.2, 0.25) is 0 Å². The monoisotopic (exact) mass is 387 g/mol. The summed E-state index contributed by atoms with van der Waals surface area (Å²) >= 11 is 6.82. The van der Waals surface area contributed by atoms with Crippen LogP contribution in [0, 0.1) is 0 Å². The van der Waals surface area contributed by atoms with Gasteiger partial charge in [-0.1, -0.05) is 0 Å². The topological polar surface area (TPSA) is 70.3 Å². The number of nitrogens with two attached hydrogens (primary N) is 1. The molecule has 0 bridgehead atoms. The third-order valence-corrected chi connectivity index (χ3v) is 3.53. The molecule has 100 valence electrons. The van der Waals surface area contributed by atoms with Gasteiger partial charge in [0, 0.05) is 12.7 Å². The molecule has 2 rings (SSSR count). The van der Waals surface area contributed by atoms with E-state index in [0.717, 1.165) is 8.95 Å². The summed E-state index contributed by atoms with van der Waals surface area (Å²) in [7, 11) is 1.60. The van der Waals surface area contributed by atoms with Gasteiger partial charge >= 0.3 is 0 Å². The fraction of sp³-hybridized carbons (Fsp3) is 0.167. The maximum absolute atomic E-state index is 5.67. The molecular weight excluding hydrogens is 378 g/mol. The predicted octanol–water partition coefficient (Wildman–Crippen LogP) is 3.26. The van der Waals surface area contributed by atoms with E-state index in [9.17, 15) is 0 Å². The number of ether oxygens (including phenoxy) is 2. The molecule has 0 saturated heterocycles. The van der Waals surface area contributed by atoms with E-state index in [-0.39, 0.29) is 0 Å². The Morgan fingerprint density at radius 2 is 1.84 bits per heavy atom. The van der Waals surface area contributed by atoms with Crippen molar-refractivity contribution in [3.05, 3.63) is 39.2 Å². The van der Waals surface area contributed by atoms with Crippen LogP contribution in [0.25, 0.3) is 0 Å². The van der Waals surface area contributed by atoms with Crippen molar-refractivity contribution in [1.29, 1.82) is 0 Å². The maximum atomic E-state index is 5.67. The van der Waals surface area contributed by atoms with Gasteiger partial charge in [0.05, 0.1) is 27.9 Å². The minimum atomic E-state index is 0.317. The highest BCUT2D eigenvalue weighted by molar-refractivity contribution is 9.11. The van der Waals surface area contributed by atoms with E-state index in [1.165, 1.54) is 6.20 Å². The first-order valence-electron chi connectivity index (χ1n) is 5.36. The third kappa shape index (κ3) is 3.43. The van der Waals surface area contributed by atoms with Crippen molar-refractivity contribution in [3.63, 3.8) is 0 Å². The second-order valence-electron chi connectivity index (χ2n) is 3.57. The molecule has 0 spiro atoms. The number of nitrogens with zero attached hydrogens (tertiary/aromatic N) is 2. The van der Waals surface area contributed by atoms with Crippen LogP contribution >= 0.6 is 31.9 Å². The molecular formula is C12H11Br2N3O2. The van der Waals surface area contributed by atoms with Crippen molar-refractivity contribution in [2.75, 3.05) is 7.11 Å². The Balaban J connectivity index is 2.30. The highest BCUT2D eigenvalue weighted by atomic mass is 79.9. The summed E-state index contributed by atoms with van der Waals surface area (Å²) in [6.07, 6.45) is 3.13. The molecule has 1 aromatic carbocycles. The Morgan fingerprint density at radius 3 is 2.53 bits per heavy atom. The number of hydrogen-bond donors (Lipinski definition) is 1. The zero-order chi connectivity index (χ0) is 13.8. The molecule has 0 aliphatic heterocycles. The van der Waals surface area contributed by atoms with Gasteiger partial charge in [0.2, 0.25) is 5.88 Å². The first kappa shape index (κ1) is 14.2. The van der Waals surface area contributed by atoms with Crippen molar-refractivity contribution in [1.82, 2.24) is 9.97 Å². The van der Waals surface area contributed by atoms with Gasteiger partial charge in [-0.2, -0.15) is 0 Å². The maximum Gasteiger partial charge on any atom is 0.238 e. The average molecular weight is 389 g/mol. The van der Waals surface area contributed by atoms with E-state index in [2.05, 4.69) is 41.8 Å². The van der Waals surface area contributed by atoms with Crippen molar-refractivity contribution in [2.45, 2.75) is 6.54 Å². The molecule has 5 nitrogen and oxygen atoms in total. The smallest absolute Gasteiger partial charge is 0.238 e.